The van der Waals surface area contributed by atoms with Gasteiger partial charge in [0.25, 0.3) is 0 Å². The number of morpholine rings is 1. The van der Waals surface area contributed by atoms with Crippen LogP contribution in [0.15, 0.2) is 40.0 Å². The van der Waals surface area contributed by atoms with E-state index in [9.17, 15) is 0 Å². The number of ether oxygens (including phenoxy) is 2. The Morgan fingerprint density at radius 3 is 2.81 bits per heavy atom. The molecule has 3 aromatic heterocycles. The molecule has 1 aliphatic heterocycles. The number of nitrogens with zero attached hydrogens (tertiary/aromatic N) is 6. The Balaban J connectivity index is 1.47. The Morgan fingerprint density at radius 2 is 2.06 bits per heavy atom. The summed E-state index contributed by atoms with van der Waals surface area (Å²) in [5, 5.41) is 4.19. The Hall–Kier alpha value is -3.53. The molecule has 1 N–H and O–H groups in total. The molecule has 10 heteroatoms. The number of aromatic nitrogens is 4. The molecule has 0 bridgehead atoms. The van der Waals surface area contributed by atoms with Crippen molar-refractivity contribution in [3.63, 3.8) is 0 Å². The van der Waals surface area contributed by atoms with E-state index in [1.54, 1.807) is 6.20 Å². The van der Waals surface area contributed by atoms with Crippen molar-refractivity contribution in [2.45, 2.75) is 20.3 Å². The molecule has 0 unspecified atom stereocenters. The van der Waals surface area contributed by atoms with Crippen LogP contribution in [0.3, 0.4) is 0 Å². The summed E-state index contributed by atoms with van der Waals surface area (Å²) in [6, 6.07) is 7.92. The molecule has 3 aromatic rings. The van der Waals surface area contributed by atoms with Gasteiger partial charge < -0.3 is 18.8 Å². The highest BCUT2D eigenvalue weighted by Crippen LogP contribution is 2.18. The van der Waals surface area contributed by atoms with E-state index in [2.05, 4.69) is 30.5 Å². The van der Waals surface area contributed by atoms with Gasteiger partial charge in [-0.25, -0.2) is 5.43 Å². The quantitative estimate of drug-likeness (QED) is 0.431. The van der Waals surface area contributed by atoms with Crippen LogP contribution >= 0.6 is 0 Å². The Bertz CT molecular complexity index is 998. The van der Waals surface area contributed by atoms with Gasteiger partial charge in [-0.15, -0.1) is 0 Å². The monoisotopic (exact) mass is 423 g/mol. The zero-order valence-corrected chi connectivity index (χ0v) is 17.6. The molecule has 0 amide bonds. The van der Waals surface area contributed by atoms with Crippen LogP contribution in [0.5, 0.6) is 6.01 Å². The lowest BCUT2D eigenvalue weighted by molar-refractivity contribution is 0.122. The summed E-state index contributed by atoms with van der Waals surface area (Å²) in [6.45, 7) is 6.95. The average Bonchev–Trinajstić information content (AvgIpc) is 3.12. The lowest BCUT2D eigenvalue weighted by Gasteiger charge is -2.26. The molecule has 1 saturated heterocycles. The Kier molecular flexibility index (Phi) is 6.68. The van der Waals surface area contributed by atoms with Gasteiger partial charge in [-0.05, 0) is 31.5 Å². The van der Waals surface area contributed by atoms with E-state index in [0.717, 1.165) is 17.0 Å². The van der Waals surface area contributed by atoms with E-state index >= 15 is 0 Å². The SMILES string of the molecule is Cc1cc(N/N=C/c2nc(OCCc3ccccn3)nc(N3CCOCC3)n2)oc1C. The highest BCUT2D eigenvalue weighted by atomic mass is 16.5. The second-order valence-corrected chi connectivity index (χ2v) is 7.01. The molecule has 0 spiro atoms. The van der Waals surface area contributed by atoms with Gasteiger partial charge in [-0.3, -0.25) is 4.98 Å². The minimum atomic E-state index is 0.249. The smallest absolute Gasteiger partial charge is 0.321 e. The number of rotatable bonds is 8. The van der Waals surface area contributed by atoms with E-state index in [1.807, 2.05) is 43.0 Å². The van der Waals surface area contributed by atoms with Gasteiger partial charge in [-0.1, -0.05) is 6.07 Å². The minimum absolute atomic E-state index is 0.249. The average molecular weight is 423 g/mol. The van der Waals surface area contributed by atoms with E-state index in [0.29, 0.717) is 57.0 Å². The molecule has 1 aliphatic rings. The number of hydrogen-bond donors (Lipinski definition) is 1. The van der Waals surface area contributed by atoms with E-state index in [1.165, 1.54) is 6.21 Å². The van der Waals surface area contributed by atoms with Gasteiger partial charge in [0.2, 0.25) is 11.8 Å². The number of hydrogen-bond acceptors (Lipinski definition) is 10. The number of nitrogens with one attached hydrogen (secondary N) is 1. The van der Waals surface area contributed by atoms with Crippen LogP contribution < -0.4 is 15.1 Å². The van der Waals surface area contributed by atoms with Crippen LogP contribution in [0.2, 0.25) is 0 Å². The first-order chi connectivity index (χ1) is 15.2. The fourth-order valence-corrected chi connectivity index (χ4v) is 2.96. The van der Waals surface area contributed by atoms with Crippen molar-refractivity contribution >= 4 is 18.0 Å². The molecule has 4 heterocycles. The Labute approximate surface area is 180 Å². The maximum absolute atomic E-state index is 5.81. The van der Waals surface area contributed by atoms with Crippen molar-refractivity contribution in [3.8, 4) is 6.01 Å². The van der Waals surface area contributed by atoms with E-state index in [-0.39, 0.29) is 6.01 Å². The summed E-state index contributed by atoms with van der Waals surface area (Å²) >= 11 is 0. The number of hydrazone groups is 1. The number of anilines is 2. The largest absolute Gasteiger partial charge is 0.463 e. The van der Waals surface area contributed by atoms with Crippen LogP contribution in [0.1, 0.15) is 22.8 Å². The van der Waals surface area contributed by atoms with Crippen molar-refractivity contribution in [1.82, 2.24) is 19.9 Å². The second-order valence-electron chi connectivity index (χ2n) is 7.01. The van der Waals surface area contributed by atoms with Gasteiger partial charge in [0.1, 0.15) is 5.76 Å². The number of pyridine rings is 1. The molecule has 0 radical (unpaired) electrons. The molecular weight excluding hydrogens is 398 g/mol. The van der Waals surface area contributed by atoms with E-state index < -0.39 is 0 Å². The summed E-state index contributed by atoms with van der Waals surface area (Å²) in [6.07, 6.45) is 3.93. The summed E-state index contributed by atoms with van der Waals surface area (Å²) in [7, 11) is 0. The molecular formula is C21H25N7O3. The standard InChI is InChI=1S/C21H25N7O3/c1-15-13-19(31-16(15)2)27-23-14-18-24-20(28-8-11-29-12-9-28)26-21(25-18)30-10-6-17-5-3-4-7-22-17/h3-5,7,13-14,27H,6,8-12H2,1-2H3/b23-14+. The zero-order valence-electron chi connectivity index (χ0n) is 17.6. The fourth-order valence-electron chi connectivity index (χ4n) is 2.96. The van der Waals surface area contributed by atoms with E-state index in [4.69, 9.17) is 13.9 Å². The van der Waals surface area contributed by atoms with Crippen LogP contribution in [0.25, 0.3) is 0 Å². The van der Waals surface area contributed by atoms with Crippen LogP contribution in [0, 0.1) is 13.8 Å². The van der Waals surface area contributed by atoms with Gasteiger partial charge in [0.05, 0.1) is 26.0 Å². The zero-order chi connectivity index (χ0) is 21.5. The summed E-state index contributed by atoms with van der Waals surface area (Å²) in [5.74, 6) is 2.32. The maximum Gasteiger partial charge on any atom is 0.321 e. The molecule has 1 fully saturated rings. The topological polar surface area (TPSA) is 111 Å². The maximum atomic E-state index is 5.81. The van der Waals surface area contributed by atoms with Gasteiger partial charge in [-0.2, -0.15) is 20.1 Å². The normalized spacial score (nSPS) is 14.2. The van der Waals surface area contributed by atoms with Crippen LogP contribution in [-0.2, 0) is 11.2 Å². The number of aryl methyl sites for hydroxylation is 2. The van der Waals surface area contributed by atoms with Crippen LogP contribution in [0.4, 0.5) is 11.8 Å². The Morgan fingerprint density at radius 1 is 1.19 bits per heavy atom. The predicted octanol–water partition coefficient (Wildman–Crippen LogP) is 2.38. The molecule has 0 aliphatic carbocycles. The van der Waals surface area contributed by atoms with Crippen molar-refractivity contribution < 1.29 is 13.9 Å². The highest BCUT2D eigenvalue weighted by Gasteiger charge is 2.17. The third-order valence-electron chi connectivity index (χ3n) is 4.75. The second kappa shape index (κ2) is 9.98. The minimum Gasteiger partial charge on any atom is -0.463 e. The first kappa shape index (κ1) is 20.7. The summed E-state index contributed by atoms with van der Waals surface area (Å²) in [4.78, 5) is 19.7. The number of furan rings is 1. The van der Waals surface area contributed by atoms with Gasteiger partial charge in [0.15, 0.2) is 5.82 Å². The molecule has 162 valence electrons. The molecule has 31 heavy (non-hydrogen) atoms. The van der Waals surface area contributed by atoms with Crippen LogP contribution in [-0.4, -0.2) is 59.1 Å². The first-order valence-corrected chi connectivity index (χ1v) is 10.1. The summed E-state index contributed by atoms with van der Waals surface area (Å²) in [5.41, 5.74) is 4.85. The fraction of sp³-hybridized carbons (Fsp3) is 0.381. The molecule has 0 saturated carbocycles. The van der Waals surface area contributed by atoms with Crippen molar-refractivity contribution in [2.24, 2.45) is 5.10 Å². The molecule has 0 atom stereocenters. The molecule has 0 aromatic carbocycles. The first-order valence-electron chi connectivity index (χ1n) is 10.1. The van der Waals surface area contributed by atoms with Crippen molar-refractivity contribution in [1.29, 1.82) is 0 Å². The molecule has 4 rings (SSSR count). The third kappa shape index (κ3) is 5.76. The third-order valence-corrected chi connectivity index (χ3v) is 4.75. The molecule has 10 nitrogen and oxygen atoms in total. The van der Waals surface area contributed by atoms with Crippen molar-refractivity contribution in [3.05, 3.63) is 53.3 Å². The summed E-state index contributed by atoms with van der Waals surface area (Å²) < 4.78 is 16.8. The lowest BCUT2D eigenvalue weighted by Crippen LogP contribution is -2.37. The van der Waals surface area contributed by atoms with Gasteiger partial charge >= 0.3 is 6.01 Å². The van der Waals surface area contributed by atoms with Gasteiger partial charge in [0, 0.05) is 37.5 Å². The highest BCUT2D eigenvalue weighted by molar-refractivity contribution is 5.75. The predicted molar refractivity (Wildman–Crippen MR) is 116 cm³/mol. The lowest BCUT2D eigenvalue weighted by atomic mass is 10.3. The van der Waals surface area contributed by atoms with Crippen molar-refractivity contribution in [2.75, 3.05) is 43.2 Å².